The van der Waals surface area contributed by atoms with E-state index in [1.807, 2.05) is 32.0 Å². The van der Waals surface area contributed by atoms with Gasteiger partial charge in [0.2, 0.25) is 5.91 Å². The van der Waals surface area contributed by atoms with Crippen LogP contribution in [-0.4, -0.2) is 36.4 Å². The van der Waals surface area contributed by atoms with E-state index in [0.717, 1.165) is 17.0 Å². The fourth-order valence-corrected chi connectivity index (χ4v) is 2.11. The van der Waals surface area contributed by atoms with E-state index >= 15 is 0 Å². The van der Waals surface area contributed by atoms with Gasteiger partial charge in [0.25, 0.3) is 5.91 Å². The van der Waals surface area contributed by atoms with Gasteiger partial charge in [-0.05, 0) is 37.6 Å². The summed E-state index contributed by atoms with van der Waals surface area (Å²) in [7, 11) is 1.51. The number of carbonyl (C=O) groups is 2. The smallest absolute Gasteiger partial charge is 0.251 e. The Labute approximate surface area is 112 Å². The van der Waals surface area contributed by atoms with Gasteiger partial charge in [0.1, 0.15) is 11.8 Å². The van der Waals surface area contributed by atoms with E-state index in [4.69, 9.17) is 4.74 Å². The lowest BCUT2D eigenvalue weighted by atomic mass is 10.1. The van der Waals surface area contributed by atoms with Crippen molar-refractivity contribution in [1.29, 1.82) is 0 Å². The molecule has 1 fully saturated rings. The van der Waals surface area contributed by atoms with Crippen LogP contribution in [0.3, 0.4) is 0 Å². The third kappa shape index (κ3) is 2.70. The van der Waals surface area contributed by atoms with Crippen molar-refractivity contribution in [2.24, 2.45) is 0 Å². The first-order valence-electron chi connectivity index (χ1n) is 6.33. The lowest BCUT2D eigenvalue weighted by Crippen LogP contribution is -2.31. The standard InChI is InChI=1S/C14H18N2O3/c1-4-19-10-5-6-11(9(2)7-10)15-12-8-13(17)16(3)14(12)18/h5-7,12,15H,4,8H2,1-3H3. The molecule has 1 heterocycles. The van der Waals surface area contributed by atoms with E-state index in [1.165, 1.54) is 11.9 Å². The molecule has 1 atom stereocenters. The van der Waals surface area contributed by atoms with Crippen molar-refractivity contribution in [3.63, 3.8) is 0 Å². The molecule has 0 spiro atoms. The van der Waals surface area contributed by atoms with Gasteiger partial charge in [0.15, 0.2) is 0 Å². The molecule has 0 aliphatic carbocycles. The van der Waals surface area contributed by atoms with Gasteiger partial charge in [-0.2, -0.15) is 0 Å². The molecule has 1 aliphatic rings. The predicted molar refractivity (Wildman–Crippen MR) is 72.2 cm³/mol. The highest BCUT2D eigenvalue weighted by molar-refractivity contribution is 6.06. The highest BCUT2D eigenvalue weighted by Crippen LogP contribution is 2.24. The molecule has 1 aromatic carbocycles. The van der Waals surface area contributed by atoms with Crippen molar-refractivity contribution in [2.75, 3.05) is 19.0 Å². The minimum Gasteiger partial charge on any atom is -0.494 e. The van der Waals surface area contributed by atoms with Crippen molar-refractivity contribution >= 4 is 17.5 Å². The zero-order valence-corrected chi connectivity index (χ0v) is 11.4. The van der Waals surface area contributed by atoms with Crippen LogP contribution >= 0.6 is 0 Å². The van der Waals surface area contributed by atoms with Gasteiger partial charge in [-0.3, -0.25) is 14.5 Å². The van der Waals surface area contributed by atoms with Crippen molar-refractivity contribution in [3.05, 3.63) is 23.8 Å². The van der Waals surface area contributed by atoms with E-state index in [0.29, 0.717) is 6.61 Å². The molecule has 0 bridgehead atoms. The molecule has 1 unspecified atom stereocenters. The Morgan fingerprint density at radius 2 is 2.16 bits per heavy atom. The van der Waals surface area contributed by atoms with Crippen LogP contribution in [-0.2, 0) is 9.59 Å². The number of anilines is 1. The SMILES string of the molecule is CCOc1ccc(NC2CC(=O)N(C)C2=O)c(C)c1. The van der Waals surface area contributed by atoms with E-state index in [1.54, 1.807) is 0 Å². The predicted octanol–water partition coefficient (Wildman–Crippen LogP) is 1.56. The molecule has 1 aliphatic heterocycles. The van der Waals surface area contributed by atoms with Crippen LogP contribution in [0, 0.1) is 6.92 Å². The second kappa shape index (κ2) is 5.30. The van der Waals surface area contributed by atoms with Crippen LogP contribution in [0.2, 0.25) is 0 Å². The highest BCUT2D eigenvalue weighted by Gasteiger charge is 2.36. The Balaban J connectivity index is 2.12. The van der Waals surface area contributed by atoms with Crippen LogP contribution in [0.25, 0.3) is 0 Å². The summed E-state index contributed by atoms with van der Waals surface area (Å²) in [4.78, 5) is 24.4. The lowest BCUT2D eigenvalue weighted by molar-refractivity contribution is -0.136. The average molecular weight is 262 g/mol. The third-order valence-corrected chi connectivity index (χ3v) is 3.22. The zero-order valence-electron chi connectivity index (χ0n) is 11.4. The summed E-state index contributed by atoms with van der Waals surface area (Å²) in [6.45, 7) is 4.49. The molecule has 0 aromatic heterocycles. The molecular formula is C14H18N2O3. The highest BCUT2D eigenvalue weighted by atomic mass is 16.5. The monoisotopic (exact) mass is 262 g/mol. The topological polar surface area (TPSA) is 58.6 Å². The molecule has 2 rings (SSSR count). The number of ether oxygens (including phenoxy) is 1. The fourth-order valence-electron chi connectivity index (χ4n) is 2.11. The molecule has 5 heteroatoms. The van der Waals surface area contributed by atoms with Crippen molar-refractivity contribution in [2.45, 2.75) is 26.3 Å². The summed E-state index contributed by atoms with van der Waals surface area (Å²) in [5.41, 5.74) is 1.84. The quantitative estimate of drug-likeness (QED) is 0.837. The van der Waals surface area contributed by atoms with Gasteiger partial charge in [0, 0.05) is 12.7 Å². The normalized spacial score (nSPS) is 18.9. The maximum atomic E-state index is 11.8. The molecule has 102 valence electrons. The molecule has 1 aromatic rings. The Hall–Kier alpha value is -2.04. The minimum absolute atomic E-state index is 0.147. The van der Waals surface area contributed by atoms with Crippen LogP contribution < -0.4 is 10.1 Å². The van der Waals surface area contributed by atoms with Crippen molar-refractivity contribution < 1.29 is 14.3 Å². The number of carbonyl (C=O) groups excluding carboxylic acids is 2. The number of likely N-dealkylation sites (tertiary alicyclic amines) is 1. The van der Waals surface area contributed by atoms with Gasteiger partial charge >= 0.3 is 0 Å². The van der Waals surface area contributed by atoms with Gasteiger partial charge < -0.3 is 10.1 Å². The van der Waals surface area contributed by atoms with Gasteiger partial charge in [-0.15, -0.1) is 0 Å². The van der Waals surface area contributed by atoms with Crippen LogP contribution in [0.4, 0.5) is 5.69 Å². The summed E-state index contributed by atoms with van der Waals surface area (Å²) < 4.78 is 5.41. The van der Waals surface area contributed by atoms with Crippen molar-refractivity contribution in [1.82, 2.24) is 4.90 Å². The molecule has 0 saturated carbocycles. The second-order valence-corrected chi connectivity index (χ2v) is 4.60. The maximum Gasteiger partial charge on any atom is 0.251 e. The van der Waals surface area contributed by atoms with Gasteiger partial charge in [-0.25, -0.2) is 0 Å². The Bertz CT molecular complexity index is 513. The summed E-state index contributed by atoms with van der Waals surface area (Å²) in [6, 6.07) is 5.17. The number of hydrogen-bond acceptors (Lipinski definition) is 4. The summed E-state index contributed by atoms with van der Waals surface area (Å²) in [5.74, 6) is 0.473. The Kier molecular flexibility index (Phi) is 3.74. The molecule has 19 heavy (non-hydrogen) atoms. The zero-order chi connectivity index (χ0) is 14.0. The number of amides is 2. The van der Waals surface area contributed by atoms with E-state index < -0.39 is 6.04 Å². The van der Waals surface area contributed by atoms with Crippen LogP contribution in [0.1, 0.15) is 18.9 Å². The summed E-state index contributed by atoms with van der Waals surface area (Å²) >= 11 is 0. The molecule has 1 saturated heterocycles. The lowest BCUT2D eigenvalue weighted by Gasteiger charge is -2.15. The molecule has 2 amide bonds. The number of imide groups is 1. The molecule has 0 radical (unpaired) electrons. The first kappa shape index (κ1) is 13.4. The van der Waals surface area contributed by atoms with Crippen LogP contribution in [0.15, 0.2) is 18.2 Å². The van der Waals surface area contributed by atoms with E-state index in [-0.39, 0.29) is 18.2 Å². The molecular weight excluding hydrogens is 244 g/mol. The number of nitrogens with zero attached hydrogens (tertiary/aromatic N) is 1. The van der Waals surface area contributed by atoms with Crippen LogP contribution in [0.5, 0.6) is 5.75 Å². The van der Waals surface area contributed by atoms with E-state index in [2.05, 4.69) is 5.32 Å². The average Bonchev–Trinajstić information content (AvgIpc) is 2.61. The summed E-state index contributed by atoms with van der Waals surface area (Å²) in [5, 5.41) is 3.12. The fraction of sp³-hybridized carbons (Fsp3) is 0.429. The van der Waals surface area contributed by atoms with E-state index in [9.17, 15) is 9.59 Å². The van der Waals surface area contributed by atoms with Gasteiger partial charge in [-0.1, -0.05) is 0 Å². The third-order valence-electron chi connectivity index (χ3n) is 3.22. The van der Waals surface area contributed by atoms with Crippen molar-refractivity contribution in [3.8, 4) is 5.75 Å². The summed E-state index contributed by atoms with van der Waals surface area (Å²) in [6.07, 6.45) is 0.210. The number of aryl methyl sites for hydroxylation is 1. The number of benzene rings is 1. The van der Waals surface area contributed by atoms with Gasteiger partial charge in [0.05, 0.1) is 13.0 Å². The first-order chi connectivity index (χ1) is 9.02. The Morgan fingerprint density at radius 3 is 2.68 bits per heavy atom. The number of nitrogens with one attached hydrogen (secondary N) is 1. The molecule has 1 N–H and O–H groups in total. The largest absolute Gasteiger partial charge is 0.494 e. The Morgan fingerprint density at radius 1 is 1.42 bits per heavy atom. The number of likely N-dealkylation sites (N-methyl/N-ethyl adjacent to an activating group) is 1. The minimum atomic E-state index is -0.464. The second-order valence-electron chi connectivity index (χ2n) is 4.60. The number of hydrogen-bond donors (Lipinski definition) is 1. The maximum absolute atomic E-state index is 11.8. The molecule has 5 nitrogen and oxygen atoms in total. The first-order valence-corrected chi connectivity index (χ1v) is 6.33. The number of rotatable bonds is 4.